The molecule has 0 bridgehead atoms. The summed E-state index contributed by atoms with van der Waals surface area (Å²) in [4.78, 5) is 0.375. The summed E-state index contributed by atoms with van der Waals surface area (Å²) in [6.45, 7) is 0.240. The molecule has 0 radical (unpaired) electrons. The first-order chi connectivity index (χ1) is 14.0. The molecule has 6 nitrogen and oxygen atoms in total. The van der Waals surface area contributed by atoms with Gasteiger partial charge in [0.25, 0.3) is 0 Å². The van der Waals surface area contributed by atoms with Gasteiger partial charge in [-0.05, 0) is 59.7 Å². The van der Waals surface area contributed by atoms with Crippen molar-refractivity contribution in [3.8, 4) is 22.6 Å². The van der Waals surface area contributed by atoms with E-state index in [-0.39, 0.29) is 36.2 Å². The van der Waals surface area contributed by atoms with Crippen LogP contribution in [0.4, 0.5) is 0 Å². The second-order valence-corrected chi connectivity index (χ2v) is 8.12. The van der Waals surface area contributed by atoms with Crippen LogP contribution in [0.1, 0.15) is 0 Å². The highest BCUT2D eigenvalue weighted by molar-refractivity contribution is 7.91. The summed E-state index contributed by atoms with van der Waals surface area (Å²) in [5.74, 6) is 1.16. The fraction of sp³-hybridized carbons (Fsp3) is 0.182. The maximum atomic E-state index is 12.8. The fourth-order valence-corrected chi connectivity index (χ4v) is 4.01. The molecule has 0 aromatic heterocycles. The van der Waals surface area contributed by atoms with Crippen LogP contribution < -0.4 is 9.47 Å². The lowest BCUT2D eigenvalue weighted by molar-refractivity contribution is 0.201. The normalized spacial score (nSPS) is 11.2. The highest BCUT2D eigenvalue weighted by Crippen LogP contribution is 2.27. The van der Waals surface area contributed by atoms with Crippen LogP contribution in [0, 0.1) is 0 Å². The number of ether oxygens (including phenoxy) is 2. The molecule has 0 aliphatic rings. The van der Waals surface area contributed by atoms with Crippen molar-refractivity contribution >= 4 is 9.84 Å². The summed E-state index contributed by atoms with van der Waals surface area (Å²) in [6, 6.07) is 20.1. The Morgan fingerprint density at radius 2 is 0.931 bits per heavy atom. The molecule has 2 N–H and O–H groups in total. The summed E-state index contributed by atoms with van der Waals surface area (Å²) >= 11 is 0. The van der Waals surface area contributed by atoms with E-state index in [1.54, 1.807) is 48.5 Å². The summed E-state index contributed by atoms with van der Waals surface area (Å²) in [7, 11) is -3.64. The molecule has 0 atom stereocenters. The highest BCUT2D eigenvalue weighted by atomic mass is 32.2. The number of rotatable bonds is 9. The number of sulfone groups is 1. The van der Waals surface area contributed by atoms with E-state index in [1.807, 2.05) is 12.1 Å². The first-order valence-electron chi connectivity index (χ1n) is 9.07. The molecule has 0 aliphatic heterocycles. The van der Waals surface area contributed by atoms with Gasteiger partial charge < -0.3 is 19.7 Å². The monoisotopic (exact) mass is 414 g/mol. The van der Waals surface area contributed by atoms with E-state index in [0.717, 1.165) is 11.1 Å². The van der Waals surface area contributed by atoms with E-state index in [9.17, 15) is 8.42 Å². The molecular formula is C22H22O6S. The topological polar surface area (TPSA) is 93.1 Å². The van der Waals surface area contributed by atoms with Gasteiger partial charge >= 0.3 is 0 Å². The van der Waals surface area contributed by atoms with Crippen LogP contribution in [0.2, 0.25) is 0 Å². The van der Waals surface area contributed by atoms with Gasteiger partial charge in [-0.1, -0.05) is 24.3 Å². The molecule has 0 heterocycles. The number of benzene rings is 3. The van der Waals surface area contributed by atoms with Gasteiger partial charge in [-0.3, -0.25) is 0 Å². The first kappa shape index (κ1) is 20.9. The van der Waals surface area contributed by atoms with Crippen molar-refractivity contribution in [2.45, 2.75) is 9.79 Å². The SMILES string of the molecule is O=S(=O)(c1ccc(OCCO)cc1)c1ccc(-c2ccc(OCCO)cc2)cc1. The van der Waals surface area contributed by atoms with Gasteiger partial charge in [0.15, 0.2) is 0 Å². The third kappa shape index (κ3) is 5.14. The summed E-state index contributed by atoms with van der Waals surface area (Å²) in [5.41, 5.74) is 1.81. The van der Waals surface area contributed by atoms with Crippen molar-refractivity contribution in [3.05, 3.63) is 72.8 Å². The van der Waals surface area contributed by atoms with Crippen LogP contribution in [-0.4, -0.2) is 45.1 Å². The molecule has 0 unspecified atom stereocenters. The van der Waals surface area contributed by atoms with Crippen LogP contribution >= 0.6 is 0 Å². The molecule has 3 aromatic carbocycles. The third-order valence-electron chi connectivity index (χ3n) is 4.21. The Balaban J connectivity index is 1.76. The smallest absolute Gasteiger partial charge is 0.206 e. The molecule has 3 rings (SSSR count). The zero-order chi connectivity index (χ0) is 20.7. The predicted octanol–water partition coefficient (Wildman–Crippen LogP) is 2.93. The lowest BCUT2D eigenvalue weighted by atomic mass is 10.1. The van der Waals surface area contributed by atoms with Crippen LogP contribution in [0.25, 0.3) is 11.1 Å². The molecule has 29 heavy (non-hydrogen) atoms. The Kier molecular flexibility index (Phi) is 6.87. The zero-order valence-corrected chi connectivity index (χ0v) is 16.5. The van der Waals surface area contributed by atoms with Crippen LogP contribution in [0.3, 0.4) is 0 Å². The minimum Gasteiger partial charge on any atom is -0.491 e. The van der Waals surface area contributed by atoms with Crippen molar-refractivity contribution in [2.24, 2.45) is 0 Å². The van der Waals surface area contributed by atoms with Gasteiger partial charge in [0, 0.05) is 0 Å². The number of aliphatic hydroxyl groups excluding tert-OH is 2. The van der Waals surface area contributed by atoms with Crippen LogP contribution in [0.5, 0.6) is 11.5 Å². The third-order valence-corrected chi connectivity index (χ3v) is 5.99. The minimum atomic E-state index is -3.64. The molecule has 152 valence electrons. The van der Waals surface area contributed by atoms with E-state index < -0.39 is 9.84 Å². The van der Waals surface area contributed by atoms with Gasteiger partial charge in [0.1, 0.15) is 24.7 Å². The molecule has 3 aromatic rings. The van der Waals surface area contributed by atoms with Gasteiger partial charge in [-0.15, -0.1) is 0 Å². The Morgan fingerprint density at radius 3 is 1.34 bits per heavy atom. The van der Waals surface area contributed by atoms with E-state index in [0.29, 0.717) is 11.5 Å². The fourth-order valence-electron chi connectivity index (χ4n) is 2.75. The van der Waals surface area contributed by atoms with Crippen LogP contribution in [-0.2, 0) is 9.84 Å². The van der Waals surface area contributed by atoms with E-state index in [2.05, 4.69) is 0 Å². The van der Waals surface area contributed by atoms with Crippen molar-refractivity contribution in [1.82, 2.24) is 0 Å². The maximum Gasteiger partial charge on any atom is 0.206 e. The van der Waals surface area contributed by atoms with Gasteiger partial charge in [-0.25, -0.2) is 8.42 Å². The first-order valence-corrected chi connectivity index (χ1v) is 10.6. The summed E-state index contributed by atoms with van der Waals surface area (Å²) < 4.78 is 36.3. The van der Waals surface area contributed by atoms with Crippen molar-refractivity contribution in [3.63, 3.8) is 0 Å². The Hall–Kier alpha value is -2.87. The number of aliphatic hydroxyl groups is 2. The second-order valence-electron chi connectivity index (χ2n) is 6.17. The standard InChI is InChI=1S/C22H22O6S/c23-13-15-27-19-5-1-17(2-6-19)18-3-9-21(10-4-18)29(25,26)22-11-7-20(8-12-22)28-16-14-24/h1-12,23-24H,13-16H2. The Labute approximate surface area is 169 Å². The molecule has 0 aliphatic carbocycles. The van der Waals surface area contributed by atoms with E-state index >= 15 is 0 Å². The molecule has 7 heteroatoms. The zero-order valence-electron chi connectivity index (χ0n) is 15.7. The second kappa shape index (κ2) is 9.56. The lowest BCUT2D eigenvalue weighted by Gasteiger charge is -2.09. The Morgan fingerprint density at radius 1 is 0.586 bits per heavy atom. The predicted molar refractivity (Wildman–Crippen MR) is 109 cm³/mol. The quantitative estimate of drug-likeness (QED) is 0.559. The van der Waals surface area contributed by atoms with Crippen molar-refractivity contribution in [2.75, 3.05) is 26.4 Å². The van der Waals surface area contributed by atoms with Gasteiger partial charge in [0.2, 0.25) is 9.84 Å². The molecule has 0 amide bonds. The minimum absolute atomic E-state index is 0.0455. The molecular weight excluding hydrogens is 392 g/mol. The summed E-state index contributed by atoms with van der Waals surface area (Å²) in [6.07, 6.45) is 0. The van der Waals surface area contributed by atoms with Crippen LogP contribution in [0.15, 0.2) is 82.6 Å². The van der Waals surface area contributed by atoms with E-state index in [4.69, 9.17) is 19.7 Å². The number of hydrogen-bond donors (Lipinski definition) is 2. The highest BCUT2D eigenvalue weighted by Gasteiger charge is 2.17. The average molecular weight is 414 g/mol. The largest absolute Gasteiger partial charge is 0.491 e. The van der Waals surface area contributed by atoms with Gasteiger partial charge in [0.05, 0.1) is 23.0 Å². The lowest BCUT2D eigenvalue weighted by Crippen LogP contribution is -2.04. The number of hydrogen-bond acceptors (Lipinski definition) is 6. The summed E-state index contributed by atoms with van der Waals surface area (Å²) in [5, 5.41) is 17.6. The van der Waals surface area contributed by atoms with E-state index in [1.165, 1.54) is 12.1 Å². The molecule has 0 saturated carbocycles. The maximum absolute atomic E-state index is 12.8. The van der Waals surface area contributed by atoms with Gasteiger partial charge in [-0.2, -0.15) is 0 Å². The average Bonchev–Trinajstić information content (AvgIpc) is 2.77. The molecule has 0 fully saturated rings. The van der Waals surface area contributed by atoms with Crippen molar-refractivity contribution in [1.29, 1.82) is 0 Å². The molecule has 0 spiro atoms. The Bertz CT molecular complexity index is 1010. The van der Waals surface area contributed by atoms with Crippen molar-refractivity contribution < 1.29 is 28.1 Å². The molecule has 0 saturated heterocycles.